The number of carboxylic acids is 1. The Kier molecular flexibility index (Phi) is 5.82. The van der Waals surface area contributed by atoms with Crippen molar-refractivity contribution >= 4 is 27.8 Å². The summed E-state index contributed by atoms with van der Waals surface area (Å²) in [4.78, 5) is 22.3. The molecule has 0 saturated carbocycles. The Labute approximate surface area is 120 Å². The Morgan fingerprint density at radius 1 is 1.47 bits per heavy atom. The molecule has 0 fully saturated rings. The summed E-state index contributed by atoms with van der Waals surface area (Å²) in [5.41, 5.74) is 0.156. The molecule has 5 nitrogen and oxygen atoms in total. The van der Waals surface area contributed by atoms with Crippen LogP contribution < -0.4 is 10.1 Å². The fourth-order valence-corrected chi connectivity index (χ4v) is 1.81. The molecule has 0 aromatic heterocycles. The summed E-state index contributed by atoms with van der Waals surface area (Å²) in [7, 11) is 0. The number of hydrogen-bond donors (Lipinski definition) is 2. The summed E-state index contributed by atoms with van der Waals surface area (Å²) in [6.07, 6.45) is 0.850. The standard InChI is InChI=1S/C13H16BrNO4/c1-3-8(2)15-12(16)7-19-11-5-4-9(13(17)18)6-10(11)14/h4-6,8H,3,7H2,1-2H3,(H,15,16)(H,17,18). The van der Waals surface area contributed by atoms with Gasteiger partial charge in [0.15, 0.2) is 6.61 Å². The number of nitrogens with one attached hydrogen (secondary N) is 1. The molecule has 1 unspecified atom stereocenters. The molecule has 1 aromatic carbocycles. The van der Waals surface area contributed by atoms with E-state index in [-0.39, 0.29) is 24.1 Å². The van der Waals surface area contributed by atoms with Gasteiger partial charge < -0.3 is 15.2 Å². The molecule has 1 atom stereocenters. The highest BCUT2D eigenvalue weighted by atomic mass is 79.9. The highest BCUT2D eigenvalue weighted by molar-refractivity contribution is 9.10. The molecule has 1 aromatic rings. The normalized spacial score (nSPS) is 11.7. The van der Waals surface area contributed by atoms with Crippen molar-refractivity contribution in [3.05, 3.63) is 28.2 Å². The molecule has 6 heteroatoms. The second kappa shape index (κ2) is 7.13. The number of carbonyl (C=O) groups excluding carboxylic acids is 1. The highest BCUT2D eigenvalue weighted by Gasteiger charge is 2.10. The van der Waals surface area contributed by atoms with Gasteiger partial charge in [-0.25, -0.2) is 4.79 Å². The molecular weight excluding hydrogens is 314 g/mol. The van der Waals surface area contributed by atoms with E-state index in [0.29, 0.717) is 10.2 Å². The molecule has 0 heterocycles. The molecule has 2 N–H and O–H groups in total. The van der Waals surface area contributed by atoms with Crippen LogP contribution in [0, 0.1) is 0 Å². The van der Waals surface area contributed by atoms with Gasteiger partial charge in [-0.15, -0.1) is 0 Å². The third-order valence-corrected chi connectivity index (χ3v) is 3.18. The molecule has 0 spiro atoms. The molecule has 0 saturated heterocycles. The van der Waals surface area contributed by atoms with Crippen molar-refractivity contribution in [3.8, 4) is 5.75 Å². The first-order valence-electron chi connectivity index (χ1n) is 5.89. The Morgan fingerprint density at radius 2 is 2.16 bits per heavy atom. The number of carbonyl (C=O) groups is 2. The molecule has 1 amide bonds. The number of amides is 1. The monoisotopic (exact) mass is 329 g/mol. The van der Waals surface area contributed by atoms with E-state index in [9.17, 15) is 9.59 Å². The van der Waals surface area contributed by atoms with Crippen LogP contribution in [0.5, 0.6) is 5.75 Å². The first-order valence-corrected chi connectivity index (χ1v) is 6.68. The van der Waals surface area contributed by atoms with Crippen molar-refractivity contribution in [2.45, 2.75) is 26.3 Å². The number of halogens is 1. The van der Waals surface area contributed by atoms with E-state index in [2.05, 4.69) is 21.2 Å². The smallest absolute Gasteiger partial charge is 0.335 e. The summed E-state index contributed by atoms with van der Waals surface area (Å²) >= 11 is 3.21. The van der Waals surface area contributed by atoms with Gasteiger partial charge in [-0.1, -0.05) is 6.92 Å². The van der Waals surface area contributed by atoms with Crippen molar-refractivity contribution in [2.75, 3.05) is 6.61 Å². The number of hydrogen-bond acceptors (Lipinski definition) is 3. The second-order valence-corrected chi connectivity index (χ2v) is 4.97. The summed E-state index contributed by atoms with van der Waals surface area (Å²) in [6.45, 7) is 3.79. The third kappa shape index (κ3) is 4.90. The molecular formula is C13H16BrNO4. The molecule has 0 aliphatic carbocycles. The van der Waals surface area contributed by atoms with Crippen LogP contribution in [-0.4, -0.2) is 29.6 Å². The van der Waals surface area contributed by atoms with Crippen LogP contribution in [-0.2, 0) is 4.79 Å². The Balaban J connectivity index is 2.59. The zero-order valence-corrected chi connectivity index (χ0v) is 12.4. The summed E-state index contributed by atoms with van der Waals surface area (Å²) in [6, 6.07) is 4.48. The van der Waals surface area contributed by atoms with Crippen molar-refractivity contribution in [1.82, 2.24) is 5.32 Å². The maximum absolute atomic E-state index is 11.5. The minimum Gasteiger partial charge on any atom is -0.483 e. The predicted octanol–water partition coefficient (Wildman–Crippen LogP) is 2.44. The molecule has 0 aliphatic rings. The minimum atomic E-state index is -1.01. The molecule has 0 aliphatic heterocycles. The van der Waals surface area contributed by atoms with Crippen LogP contribution in [0.4, 0.5) is 0 Å². The zero-order chi connectivity index (χ0) is 14.4. The zero-order valence-electron chi connectivity index (χ0n) is 10.8. The minimum absolute atomic E-state index is 0.102. The largest absolute Gasteiger partial charge is 0.483 e. The van der Waals surface area contributed by atoms with Crippen LogP contribution in [0.1, 0.15) is 30.6 Å². The molecule has 1 rings (SSSR count). The highest BCUT2D eigenvalue weighted by Crippen LogP contribution is 2.25. The lowest BCUT2D eigenvalue weighted by Crippen LogP contribution is -2.35. The van der Waals surface area contributed by atoms with Crippen LogP contribution >= 0.6 is 15.9 Å². The number of benzene rings is 1. The van der Waals surface area contributed by atoms with Gasteiger partial charge in [-0.3, -0.25) is 4.79 Å². The topological polar surface area (TPSA) is 75.6 Å². The Hall–Kier alpha value is -1.56. The fourth-order valence-electron chi connectivity index (χ4n) is 1.31. The van der Waals surface area contributed by atoms with Crippen molar-refractivity contribution in [3.63, 3.8) is 0 Å². The van der Waals surface area contributed by atoms with Crippen molar-refractivity contribution < 1.29 is 19.4 Å². The third-order valence-electron chi connectivity index (χ3n) is 2.56. The van der Waals surface area contributed by atoms with E-state index in [1.54, 1.807) is 0 Å². The molecule has 19 heavy (non-hydrogen) atoms. The van der Waals surface area contributed by atoms with Crippen molar-refractivity contribution in [1.29, 1.82) is 0 Å². The van der Waals surface area contributed by atoms with Crippen molar-refractivity contribution in [2.24, 2.45) is 0 Å². The van der Waals surface area contributed by atoms with E-state index in [4.69, 9.17) is 9.84 Å². The van der Waals surface area contributed by atoms with E-state index in [0.717, 1.165) is 6.42 Å². The van der Waals surface area contributed by atoms with E-state index in [1.165, 1.54) is 18.2 Å². The SMILES string of the molecule is CCC(C)NC(=O)COc1ccc(C(=O)O)cc1Br. The second-order valence-electron chi connectivity index (χ2n) is 4.12. The Bertz CT molecular complexity index is 476. The van der Waals surface area contributed by atoms with Crippen LogP contribution in [0.2, 0.25) is 0 Å². The van der Waals surface area contributed by atoms with Crippen LogP contribution in [0.3, 0.4) is 0 Å². The van der Waals surface area contributed by atoms with Gasteiger partial charge in [0.05, 0.1) is 10.0 Å². The maximum atomic E-state index is 11.5. The van der Waals surface area contributed by atoms with Gasteiger partial charge in [0.25, 0.3) is 5.91 Å². The maximum Gasteiger partial charge on any atom is 0.335 e. The number of ether oxygens (including phenoxy) is 1. The molecule has 0 radical (unpaired) electrons. The summed E-state index contributed by atoms with van der Waals surface area (Å²) < 4.78 is 5.83. The van der Waals surface area contributed by atoms with Gasteiger partial charge >= 0.3 is 5.97 Å². The lowest BCUT2D eigenvalue weighted by molar-refractivity contribution is -0.123. The first-order chi connectivity index (χ1) is 8.93. The van der Waals surface area contributed by atoms with Gasteiger partial charge in [0, 0.05) is 6.04 Å². The van der Waals surface area contributed by atoms with Gasteiger partial charge in [-0.2, -0.15) is 0 Å². The molecule has 0 bridgehead atoms. The van der Waals surface area contributed by atoms with Crippen LogP contribution in [0.15, 0.2) is 22.7 Å². The average molecular weight is 330 g/mol. The van der Waals surface area contributed by atoms with Gasteiger partial charge in [0.2, 0.25) is 0 Å². The Morgan fingerprint density at radius 3 is 2.68 bits per heavy atom. The summed E-state index contributed by atoms with van der Waals surface area (Å²) in [5.74, 6) is -0.783. The number of carboxylic acid groups (broad SMARTS) is 1. The number of rotatable bonds is 6. The fraction of sp³-hybridized carbons (Fsp3) is 0.385. The average Bonchev–Trinajstić information content (AvgIpc) is 2.36. The molecule has 104 valence electrons. The van der Waals surface area contributed by atoms with E-state index in [1.807, 2.05) is 13.8 Å². The summed E-state index contributed by atoms with van der Waals surface area (Å²) in [5, 5.41) is 11.6. The van der Waals surface area contributed by atoms with Crippen LogP contribution in [0.25, 0.3) is 0 Å². The van der Waals surface area contributed by atoms with Gasteiger partial charge in [-0.05, 0) is 47.5 Å². The lowest BCUT2D eigenvalue weighted by atomic mass is 10.2. The predicted molar refractivity (Wildman–Crippen MR) is 74.5 cm³/mol. The van der Waals surface area contributed by atoms with E-state index < -0.39 is 5.97 Å². The first kappa shape index (κ1) is 15.5. The number of aromatic carboxylic acids is 1. The van der Waals surface area contributed by atoms with E-state index >= 15 is 0 Å². The lowest BCUT2D eigenvalue weighted by Gasteiger charge is -2.12. The van der Waals surface area contributed by atoms with Gasteiger partial charge in [0.1, 0.15) is 5.75 Å². The quantitative estimate of drug-likeness (QED) is 0.840.